The highest BCUT2D eigenvalue weighted by Gasteiger charge is 2.36. The number of benzene rings is 1. The Kier molecular flexibility index (Phi) is 6.43. The Morgan fingerprint density at radius 1 is 1.21 bits per heavy atom. The Morgan fingerprint density at radius 3 is 2.64 bits per heavy atom. The molecule has 0 atom stereocenters. The molecular formula is C22H21F2N3O5S. The van der Waals surface area contributed by atoms with E-state index in [0.29, 0.717) is 11.8 Å². The van der Waals surface area contributed by atoms with Gasteiger partial charge in [0.1, 0.15) is 23.1 Å². The van der Waals surface area contributed by atoms with E-state index >= 15 is 0 Å². The number of nitrogens with zero attached hydrogens (tertiary/aromatic N) is 2. The van der Waals surface area contributed by atoms with Crippen molar-refractivity contribution in [3.05, 3.63) is 65.4 Å². The Morgan fingerprint density at radius 2 is 1.97 bits per heavy atom. The molecule has 1 aliphatic heterocycles. The number of amides is 1. The number of hydrogen-bond donors (Lipinski definition) is 1. The van der Waals surface area contributed by atoms with Crippen molar-refractivity contribution in [3.8, 4) is 0 Å². The van der Waals surface area contributed by atoms with E-state index in [1.807, 2.05) is 0 Å². The minimum Gasteiger partial charge on any atom is -0.465 e. The van der Waals surface area contributed by atoms with Gasteiger partial charge in [0.25, 0.3) is 0 Å². The van der Waals surface area contributed by atoms with Gasteiger partial charge in [-0.25, -0.2) is 17.2 Å². The molecule has 11 heteroatoms. The van der Waals surface area contributed by atoms with E-state index < -0.39 is 33.5 Å². The molecule has 1 amide bonds. The van der Waals surface area contributed by atoms with Crippen LogP contribution in [0.25, 0.3) is 12.2 Å². The molecule has 1 N–H and O–H groups in total. The molecule has 174 valence electrons. The first kappa shape index (κ1) is 22.9. The highest BCUT2D eigenvalue weighted by atomic mass is 32.2. The number of piperidine rings is 1. The molecule has 1 aromatic carbocycles. The predicted molar refractivity (Wildman–Crippen MR) is 115 cm³/mol. The molecule has 0 saturated carbocycles. The second-order valence-electron chi connectivity index (χ2n) is 7.60. The molecular weight excluding hydrogens is 456 g/mol. The van der Waals surface area contributed by atoms with Gasteiger partial charge in [-0.2, -0.15) is 4.31 Å². The zero-order valence-corrected chi connectivity index (χ0v) is 18.4. The molecule has 2 aromatic heterocycles. The van der Waals surface area contributed by atoms with Crippen molar-refractivity contribution in [3.63, 3.8) is 0 Å². The summed E-state index contributed by atoms with van der Waals surface area (Å²) < 4.78 is 65.1. The maximum Gasteiger partial charge on any atom is 0.248 e. The molecule has 4 rings (SSSR count). The van der Waals surface area contributed by atoms with Crippen LogP contribution in [0.3, 0.4) is 0 Å². The van der Waals surface area contributed by atoms with Crippen LogP contribution in [-0.4, -0.2) is 36.9 Å². The Labute approximate surface area is 188 Å². The van der Waals surface area contributed by atoms with Crippen molar-refractivity contribution < 1.29 is 30.9 Å². The van der Waals surface area contributed by atoms with Crippen LogP contribution in [0.4, 0.5) is 14.5 Å². The molecule has 3 aromatic rings. The second kappa shape index (κ2) is 9.28. The van der Waals surface area contributed by atoms with Crippen LogP contribution in [0.2, 0.25) is 0 Å². The molecule has 1 fully saturated rings. The molecule has 33 heavy (non-hydrogen) atoms. The molecule has 0 bridgehead atoms. The smallest absolute Gasteiger partial charge is 0.248 e. The lowest BCUT2D eigenvalue weighted by Crippen LogP contribution is -2.41. The standard InChI is InChI=1S/C22H21F2N3O5S/c1-14-21(20(32-26-14)7-5-17-3-2-12-31-17)33(29,30)27-10-8-15(9-11-27)22(28)25-19-6-4-16(23)13-18(19)24/h2-7,12-13,15H,8-11H2,1H3,(H,25,28)/b7-5+. The van der Waals surface area contributed by atoms with E-state index in [-0.39, 0.29) is 48.0 Å². The summed E-state index contributed by atoms with van der Waals surface area (Å²) in [5.41, 5.74) is 0.102. The van der Waals surface area contributed by atoms with Gasteiger partial charge in [-0.15, -0.1) is 0 Å². The van der Waals surface area contributed by atoms with E-state index in [1.54, 1.807) is 18.2 Å². The zero-order chi connectivity index (χ0) is 23.6. The van der Waals surface area contributed by atoms with Gasteiger partial charge in [0.15, 0.2) is 10.7 Å². The number of aryl methyl sites for hydroxylation is 1. The number of carbonyl (C=O) groups excluding carboxylic acids is 1. The molecule has 0 spiro atoms. The first-order valence-electron chi connectivity index (χ1n) is 10.2. The third kappa shape index (κ3) is 4.88. The predicted octanol–water partition coefficient (Wildman–Crippen LogP) is 4.06. The Hall–Kier alpha value is -3.31. The van der Waals surface area contributed by atoms with Crippen molar-refractivity contribution in [2.24, 2.45) is 5.92 Å². The quantitative estimate of drug-likeness (QED) is 0.574. The summed E-state index contributed by atoms with van der Waals surface area (Å²) in [4.78, 5) is 12.5. The second-order valence-corrected chi connectivity index (χ2v) is 9.48. The fraction of sp³-hybridized carbons (Fsp3) is 0.273. The van der Waals surface area contributed by atoms with Gasteiger partial charge in [-0.1, -0.05) is 5.16 Å². The average Bonchev–Trinajstić information content (AvgIpc) is 3.44. The molecule has 1 aliphatic rings. The number of anilines is 1. The van der Waals surface area contributed by atoms with E-state index in [9.17, 15) is 22.0 Å². The first-order chi connectivity index (χ1) is 15.8. The fourth-order valence-corrected chi connectivity index (χ4v) is 5.38. The van der Waals surface area contributed by atoms with Crippen LogP contribution < -0.4 is 5.32 Å². The zero-order valence-electron chi connectivity index (χ0n) is 17.6. The highest BCUT2D eigenvalue weighted by molar-refractivity contribution is 7.89. The van der Waals surface area contributed by atoms with E-state index in [4.69, 9.17) is 8.94 Å². The van der Waals surface area contributed by atoms with Crippen LogP contribution in [0, 0.1) is 24.5 Å². The Bertz CT molecular complexity index is 1280. The van der Waals surface area contributed by atoms with Gasteiger partial charge >= 0.3 is 0 Å². The maximum absolute atomic E-state index is 13.8. The monoisotopic (exact) mass is 477 g/mol. The number of rotatable bonds is 6. The minimum absolute atomic E-state index is 0.0402. The van der Waals surface area contributed by atoms with Gasteiger partial charge in [-0.05, 0) is 56.2 Å². The molecule has 3 heterocycles. The fourth-order valence-electron chi connectivity index (χ4n) is 3.66. The summed E-state index contributed by atoms with van der Waals surface area (Å²) in [5, 5.41) is 6.24. The summed E-state index contributed by atoms with van der Waals surface area (Å²) in [6, 6.07) is 6.29. The van der Waals surface area contributed by atoms with Gasteiger partial charge < -0.3 is 14.3 Å². The summed E-state index contributed by atoms with van der Waals surface area (Å²) in [7, 11) is -3.93. The molecule has 0 radical (unpaired) electrons. The lowest BCUT2D eigenvalue weighted by molar-refractivity contribution is -0.120. The number of hydrogen-bond acceptors (Lipinski definition) is 6. The lowest BCUT2D eigenvalue weighted by Gasteiger charge is -2.30. The Balaban J connectivity index is 1.44. The third-order valence-corrected chi connectivity index (χ3v) is 7.44. The van der Waals surface area contributed by atoms with Crippen LogP contribution in [0.5, 0.6) is 0 Å². The van der Waals surface area contributed by atoms with Crippen molar-refractivity contribution in [1.82, 2.24) is 9.46 Å². The first-order valence-corrected chi connectivity index (χ1v) is 11.6. The van der Waals surface area contributed by atoms with Gasteiger partial charge in [0.2, 0.25) is 15.9 Å². The minimum atomic E-state index is -3.93. The average molecular weight is 477 g/mol. The van der Waals surface area contributed by atoms with E-state index in [0.717, 1.165) is 12.1 Å². The van der Waals surface area contributed by atoms with Crippen molar-refractivity contribution in [2.75, 3.05) is 18.4 Å². The number of sulfonamides is 1. The third-order valence-electron chi connectivity index (χ3n) is 5.39. The molecule has 0 aliphatic carbocycles. The van der Waals surface area contributed by atoms with Crippen LogP contribution in [0.1, 0.15) is 30.1 Å². The maximum atomic E-state index is 13.8. The molecule has 8 nitrogen and oxygen atoms in total. The summed E-state index contributed by atoms with van der Waals surface area (Å²) in [6.07, 6.45) is 5.03. The summed E-state index contributed by atoms with van der Waals surface area (Å²) >= 11 is 0. The largest absolute Gasteiger partial charge is 0.465 e. The number of carbonyl (C=O) groups is 1. The SMILES string of the molecule is Cc1noc(/C=C/c2ccco2)c1S(=O)(=O)N1CCC(C(=O)Nc2ccc(F)cc2F)CC1. The van der Waals surface area contributed by atoms with Crippen LogP contribution in [-0.2, 0) is 14.8 Å². The number of halogens is 2. The normalized spacial score (nSPS) is 15.8. The van der Waals surface area contributed by atoms with Crippen LogP contribution >= 0.6 is 0 Å². The number of aromatic nitrogens is 1. The van der Waals surface area contributed by atoms with E-state index in [2.05, 4.69) is 10.5 Å². The van der Waals surface area contributed by atoms with E-state index in [1.165, 1.54) is 23.6 Å². The van der Waals surface area contributed by atoms with Crippen molar-refractivity contribution in [2.45, 2.75) is 24.7 Å². The van der Waals surface area contributed by atoms with Crippen LogP contribution in [0.15, 0.2) is 50.4 Å². The van der Waals surface area contributed by atoms with Gasteiger partial charge in [0.05, 0.1) is 12.0 Å². The number of nitrogens with one attached hydrogen (secondary N) is 1. The molecule has 0 unspecified atom stereocenters. The number of furan rings is 1. The van der Waals surface area contributed by atoms with Crippen molar-refractivity contribution in [1.29, 1.82) is 0 Å². The summed E-state index contributed by atoms with van der Waals surface area (Å²) in [6.45, 7) is 1.73. The lowest BCUT2D eigenvalue weighted by atomic mass is 9.97. The summed E-state index contributed by atoms with van der Waals surface area (Å²) in [5.74, 6) is -1.97. The van der Waals surface area contributed by atoms with Crippen molar-refractivity contribution >= 4 is 33.8 Å². The van der Waals surface area contributed by atoms with Gasteiger partial charge in [-0.3, -0.25) is 4.79 Å². The van der Waals surface area contributed by atoms with Gasteiger partial charge in [0, 0.05) is 25.1 Å². The molecule has 1 saturated heterocycles. The highest BCUT2D eigenvalue weighted by Crippen LogP contribution is 2.30. The topological polar surface area (TPSA) is 106 Å².